The average Bonchev–Trinajstić information content (AvgIpc) is 2.15. The van der Waals surface area contributed by atoms with Crippen LogP contribution < -0.4 is 5.14 Å². The SMILES string of the molecule is CC(C)CC(Br)Cc1ccc(S(N)(=O)=O)cn1. The molecule has 6 heteroatoms. The van der Waals surface area contributed by atoms with Crippen LogP contribution in [-0.2, 0) is 16.4 Å². The number of pyridine rings is 1. The third kappa shape index (κ3) is 5.14. The van der Waals surface area contributed by atoms with E-state index in [9.17, 15) is 8.42 Å². The summed E-state index contributed by atoms with van der Waals surface area (Å²) < 4.78 is 22.1. The molecule has 1 aromatic heterocycles. The Morgan fingerprint density at radius 3 is 2.47 bits per heavy atom. The fourth-order valence-corrected chi connectivity index (χ4v) is 3.06. The van der Waals surface area contributed by atoms with Gasteiger partial charge in [0.25, 0.3) is 0 Å². The second-order valence-electron chi connectivity index (χ2n) is 4.46. The molecule has 4 nitrogen and oxygen atoms in total. The molecule has 1 unspecified atom stereocenters. The molecule has 0 amide bonds. The zero-order valence-corrected chi connectivity index (χ0v) is 12.3. The molecule has 96 valence electrons. The van der Waals surface area contributed by atoms with Crippen molar-refractivity contribution in [2.45, 2.75) is 36.4 Å². The molecule has 17 heavy (non-hydrogen) atoms. The van der Waals surface area contributed by atoms with Crippen LogP contribution in [0.25, 0.3) is 0 Å². The lowest BCUT2D eigenvalue weighted by Crippen LogP contribution is -2.13. The van der Waals surface area contributed by atoms with Crippen LogP contribution in [0, 0.1) is 5.92 Å². The van der Waals surface area contributed by atoms with Crippen molar-refractivity contribution < 1.29 is 8.42 Å². The zero-order chi connectivity index (χ0) is 13.1. The molecule has 0 aliphatic heterocycles. The minimum absolute atomic E-state index is 0.0521. The normalized spacial score (nSPS) is 13.9. The first kappa shape index (κ1) is 14.6. The van der Waals surface area contributed by atoms with E-state index in [1.165, 1.54) is 12.3 Å². The second-order valence-corrected chi connectivity index (χ2v) is 7.32. The third-order valence-electron chi connectivity index (χ3n) is 2.28. The largest absolute Gasteiger partial charge is 0.260 e. The number of sulfonamides is 1. The van der Waals surface area contributed by atoms with Crippen molar-refractivity contribution >= 4 is 26.0 Å². The molecular weight excluding hydrogens is 304 g/mol. The number of hydrogen-bond acceptors (Lipinski definition) is 3. The summed E-state index contributed by atoms with van der Waals surface area (Å²) in [7, 11) is -3.64. The first-order valence-electron chi connectivity index (χ1n) is 5.41. The maximum Gasteiger partial charge on any atom is 0.239 e. The molecule has 0 saturated carbocycles. The molecule has 0 aliphatic rings. The highest BCUT2D eigenvalue weighted by atomic mass is 79.9. The summed E-state index contributed by atoms with van der Waals surface area (Å²) >= 11 is 3.59. The van der Waals surface area contributed by atoms with E-state index in [0.717, 1.165) is 18.5 Å². The van der Waals surface area contributed by atoms with Crippen molar-refractivity contribution in [3.63, 3.8) is 0 Å². The quantitative estimate of drug-likeness (QED) is 0.844. The number of hydrogen-bond donors (Lipinski definition) is 1. The van der Waals surface area contributed by atoms with Crippen LogP contribution in [0.15, 0.2) is 23.2 Å². The summed E-state index contributed by atoms with van der Waals surface area (Å²) in [6.07, 6.45) is 3.14. The van der Waals surface area contributed by atoms with Crippen LogP contribution in [0.3, 0.4) is 0 Å². The standard InChI is InChI=1S/C11H17BrN2O2S/c1-8(2)5-9(12)6-10-3-4-11(7-14-10)17(13,15)16/h3-4,7-9H,5-6H2,1-2H3,(H2,13,15,16). The van der Waals surface area contributed by atoms with E-state index in [1.54, 1.807) is 6.07 Å². The number of rotatable bonds is 5. The molecule has 0 saturated heterocycles. The van der Waals surface area contributed by atoms with Gasteiger partial charge in [-0.25, -0.2) is 13.6 Å². The zero-order valence-electron chi connectivity index (χ0n) is 9.93. The van der Waals surface area contributed by atoms with E-state index in [1.807, 2.05) is 0 Å². The minimum Gasteiger partial charge on any atom is -0.260 e. The summed E-state index contributed by atoms with van der Waals surface area (Å²) in [6.45, 7) is 4.32. The topological polar surface area (TPSA) is 73.1 Å². The molecule has 1 aromatic rings. The van der Waals surface area contributed by atoms with Crippen LogP contribution in [0.5, 0.6) is 0 Å². The van der Waals surface area contributed by atoms with Gasteiger partial charge in [-0.15, -0.1) is 0 Å². The smallest absolute Gasteiger partial charge is 0.239 e. The molecule has 0 aromatic carbocycles. The fraction of sp³-hybridized carbons (Fsp3) is 0.545. The van der Waals surface area contributed by atoms with Gasteiger partial charge < -0.3 is 0 Å². The Labute approximate surface area is 111 Å². The van der Waals surface area contributed by atoms with E-state index in [2.05, 4.69) is 34.8 Å². The summed E-state index contributed by atoms with van der Waals surface area (Å²) in [4.78, 5) is 4.51. The van der Waals surface area contributed by atoms with Gasteiger partial charge in [-0.3, -0.25) is 4.98 Å². The first-order chi connectivity index (χ1) is 7.79. The van der Waals surface area contributed by atoms with E-state index in [4.69, 9.17) is 5.14 Å². The van der Waals surface area contributed by atoms with Gasteiger partial charge in [0.15, 0.2) is 0 Å². The molecule has 1 atom stereocenters. The lowest BCUT2D eigenvalue weighted by Gasteiger charge is -2.11. The van der Waals surface area contributed by atoms with Crippen molar-refractivity contribution in [3.05, 3.63) is 24.0 Å². The first-order valence-corrected chi connectivity index (χ1v) is 7.87. The Kier molecular flexibility index (Phi) is 5.09. The van der Waals surface area contributed by atoms with Crippen molar-refractivity contribution in [2.75, 3.05) is 0 Å². The molecule has 1 rings (SSSR count). The van der Waals surface area contributed by atoms with E-state index < -0.39 is 10.0 Å². The maximum atomic E-state index is 11.0. The summed E-state index contributed by atoms with van der Waals surface area (Å²) in [6, 6.07) is 3.20. The predicted octanol–water partition coefficient (Wildman–Crippen LogP) is 2.08. The molecule has 2 N–H and O–H groups in total. The van der Waals surface area contributed by atoms with Crippen LogP contribution in [-0.4, -0.2) is 18.2 Å². The van der Waals surface area contributed by atoms with E-state index in [-0.39, 0.29) is 4.90 Å². The Morgan fingerprint density at radius 2 is 2.06 bits per heavy atom. The molecular formula is C11H17BrN2O2S. The van der Waals surface area contributed by atoms with E-state index in [0.29, 0.717) is 10.7 Å². The summed E-state index contributed by atoms with van der Waals surface area (Å²) in [5.74, 6) is 0.614. The number of nitrogens with two attached hydrogens (primary N) is 1. The number of nitrogens with zero attached hydrogens (tertiary/aromatic N) is 1. The molecule has 0 radical (unpaired) electrons. The molecule has 1 heterocycles. The maximum absolute atomic E-state index is 11.0. The van der Waals surface area contributed by atoms with Crippen LogP contribution in [0.4, 0.5) is 0 Å². The molecule has 0 aliphatic carbocycles. The Bertz CT molecular complexity index is 457. The van der Waals surface area contributed by atoms with Gasteiger partial charge in [0.1, 0.15) is 4.90 Å². The lowest BCUT2D eigenvalue weighted by molar-refractivity contribution is 0.568. The number of halogens is 1. The lowest BCUT2D eigenvalue weighted by atomic mass is 10.1. The molecule has 0 bridgehead atoms. The van der Waals surface area contributed by atoms with Gasteiger partial charge in [-0.1, -0.05) is 29.8 Å². The van der Waals surface area contributed by atoms with Gasteiger partial charge in [0.2, 0.25) is 10.0 Å². The van der Waals surface area contributed by atoms with Crippen molar-refractivity contribution in [1.82, 2.24) is 4.98 Å². The van der Waals surface area contributed by atoms with Crippen LogP contribution in [0.1, 0.15) is 26.0 Å². The average molecular weight is 321 g/mol. The van der Waals surface area contributed by atoms with Crippen molar-refractivity contribution in [1.29, 1.82) is 0 Å². The van der Waals surface area contributed by atoms with E-state index >= 15 is 0 Å². The monoisotopic (exact) mass is 320 g/mol. The van der Waals surface area contributed by atoms with Crippen molar-refractivity contribution in [3.8, 4) is 0 Å². The van der Waals surface area contributed by atoms with Gasteiger partial charge in [0.05, 0.1) is 0 Å². The highest BCUT2D eigenvalue weighted by Gasteiger charge is 2.11. The van der Waals surface area contributed by atoms with Crippen LogP contribution >= 0.6 is 15.9 Å². The van der Waals surface area contributed by atoms with Crippen molar-refractivity contribution in [2.24, 2.45) is 11.1 Å². The van der Waals surface area contributed by atoms with Gasteiger partial charge in [-0.2, -0.15) is 0 Å². The molecule has 0 fully saturated rings. The second kappa shape index (κ2) is 5.93. The van der Waals surface area contributed by atoms with Gasteiger partial charge >= 0.3 is 0 Å². The number of alkyl halides is 1. The summed E-state index contributed by atoms with van der Waals surface area (Å²) in [5, 5.41) is 5.00. The Morgan fingerprint density at radius 1 is 1.41 bits per heavy atom. The van der Waals surface area contributed by atoms with Crippen LogP contribution in [0.2, 0.25) is 0 Å². The summed E-state index contributed by atoms with van der Waals surface area (Å²) in [5.41, 5.74) is 0.861. The minimum atomic E-state index is -3.64. The predicted molar refractivity (Wildman–Crippen MR) is 71.5 cm³/mol. The molecule has 0 spiro atoms. The highest BCUT2D eigenvalue weighted by Crippen LogP contribution is 2.17. The highest BCUT2D eigenvalue weighted by molar-refractivity contribution is 9.09. The fourth-order valence-electron chi connectivity index (χ4n) is 1.52. The third-order valence-corrected chi connectivity index (χ3v) is 3.88. The Balaban J connectivity index is 2.69. The Hall–Kier alpha value is -0.460. The number of primary sulfonamides is 1. The van der Waals surface area contributed by atoms with Gasteiger partial charge in [0, 0.05) is 23.1 Å². The number of aromatic nitrogens is 1. The van der Waals surface area contributed by atoms with Gasteiger partial charge in [-0.05, 0) is 24.5 Å².